The monoisotopic (exact) mass is 510 g/mol. The lowest BCUT2D eigenvalue weighted by Gasteiger charge is -2.43. The molecule has 0 bridgehead atoms. The third-order valence-corrected chi connectivity index (χ3v) is 12.2. The first-order valence-corrected chi connectivity index (χ1v) is 15.3. The van der Waals surface area contributed by atoms with Gasteiger partial charge in [0, 0.05) is 18.6 Å². The van der Waals surface area contributed by atoms with Gasteiger partial charge in [0.25, 0.3) is 8.32 Å². The molecule has 4 heteroatoms. The van der Waals surface area contributed by atoms with E-state index in [1.807, 2.05) is 30.3 Å². The maximum atomic E-state index is 12.5. The zero-order valence-electron chi connectivity index (χ0n) is 22.3. The van der Waals surface area contributed by atoms with Crippen LogP contribution in [-0.4, -0.2) is 32.9 Å². The fourth-order valence-corrected chi connectivity index (χ4v) is 9.95. The van der Waals surface area contributed by atoms with Crippen LogP contribution in [0.5, 0.6) is 0 Å². The van der Waals surface area contributed by atoms with Crippen molar-refractivity contribution in [1.29, 1.82) is 0 Å². The van der Waals surface area contributed by atoms with Gasteiger partial charge in [-0.3, -0.25) is 4.79 Å². The van der Waals surface area contributed by atoms with Crippen molar-refractivity contribution in [2.75, 3.05) is 6.61 Å². The standard InChI is InChI=1S/C33H38O3Si/c1-33(2,3)37(31-18-9-5-10-19-31,32-20-11-6-12-21-32)35-25-24-29-16-13-17-30(36-29)26-28(34)23-22-27-14-7-4-8-15-27/h4-12,14-15,18-21,29-30H,13,16-17,24-26H2,1-3H3/t29-,30+/m1/s1. The second-order valence-electron chi connectivity index (χ2n) is 10.9. The normalized spacial score (nSPS) is 18.0. The van der Waals surface area contributed by atoms with Crippen LogP contribution in [0.1, 0.15) is 58.4 Å². The van der Waals surface area contributed by atoms with Gasteiger partial charge in [-0.2, -0.15) is 0 Å². The van der Waals surface area contributed by atoms with Gasteiger partial charge in [0.15, 0.2) is 0 Å². The highest BCUT2D eigenvalue weighted by Gasteiger charge is 2.50. The number of ketones is 1. The molecule has 1 heterocycles. The molecule has 1 aliphatic rings. The Hall–Kier alpha value is -2.97. The van der Waals surface area contributed by atoms with Crippen LogP contribution in [-0.2, 0) is 14.0 Å². The molecule has 0 aliphatic carbocycles. The van der Waals surface area contributed by atoms with Crippen LogP contribution in [0.15, 0.2) is 91.0 Å². The van der Waals surface area contributed by atoms with E-state index in [0.29, 0.717) is 13.0 Å². The Bertz CT molecular complexity index is 1150. The number of carbonyl (C=O) groups excluding carboxylic acids is 1. The quantitative estimate of drug-likeness (QED) is 0.280. The molecular weight excluding hydrogens is 472 g/mol. The largest absolute Gasteiger partial charge is 0.407 e. The minimum atomic E-state index is -2.55. The average molecular weight is 511 g/mol. The second-order valence-corrected chi connectivity index (χ2v) is 15.2. The van der Waals surface area contributed by atoms with Crippen molar-refractivity contribution in [1.82, 2.24) is 0 Å². The summed E-state index contributed by atoms with van der Waals surface area (Å²) in [6.45, 7) is 7.53. The summed E-state index contributed by atoms with van der Waals surface area (Å²) in [5.74, 6) is 5.70. The molecule has 2 atom stereocenters. The Morgan fingerprint density at radius 2 is 1.41 bits per heavy atom. The summed E-state index contributed by atoms with van der Waals surface area (Å²) in [4.78, 5) is 12.5. The molecule has 3 aromatic carbocycles. The van der Waals surface area contributed by atoms with Crippen molar-refractivity contribution in [2.24, 2.45) is 0 Å². The van der Waals surface area contributed by atoms with Gasteiger partial charge in [-0.15, -0.1) is 0 Å². The Labute approximate surface area is 223 Å². The SMILES string of the molecule is CC(C)(C)[Si](OCC[C@H]1CCC[C@@H](CC(=O)C#Cc2ccccc2)O1)(c1ccccc1)c1ccccc1. The smallest absolute Gasteiger partial charge is 0.261 e. The molecule has 0 N–H and O–H groups in total. The Balaban J connectivity index is 1.41. The lowest BCUT2D eigenvalue weighted by atomic mass is 9.99. The molecule has 192 valence electrons. The van der Waals surface area contributed by atoms with Crippen molar-refractivity contribution in [3.63, 3.8) is 0 Å². The molecule has 1 saturated heterocycles. The molecule has 3 nitrogen and oxygen atoms in total. The fourth-order valence-electron chi connectivity index (χ4n) is 5.37. The number of Topliss-reactive ketones (excluding diaryl/α,β-unsaturated/α-hetero) is 1. The van der Waals surface area contributed by atoms with E-state index < -0.39 is 8.32 Å². The summed E-state index contributed by atoms with van der Waals surface area (Å²) >= 11 is 0. The van der Waals surface area contributed by atoms with E-state index in [1.165, 1.54) is 10.4 Å². The molecule has 0 saturated carbocycles. The summed E-state index contributed by atoms with van der Waals surface area (Å²) < 4.78 is 13.4. The Morgan fingerprint density at radius 3 is 1.97 bits per heavy atom. The predicted octanol–water partition coefficient (Wildman–Crippen LogP) is 5.90. The van der Waals surface area contributed by atoms with Crippen LogP contribution in [0, 0.1) is 11.8 Å². The van der Waals surface area contributed by atoms with Crippen molar-refractivity contribution in [3.05, 3.63) is 96.6 Å². The number of hydrogen-bond acceptors (Lipinski definition) is 3. The van der Waals surface area contributed by atoms with Crippen LogP contribution in [0.2, 0.25) is 5.04 Å². The molecule has 1 aliphatic heterocycles. The van der Waals surface area contributed by atoms with E-state index in [4.69, 9.17) is 9.16 Å². The van der Waals surface area contributed by atoms with E-state index >= 15 is 0 Å². The predicted molar refractivity (Wildman–Crippen MR) is 154 cm³/mol. The summed E-state index contributed by atoms with van der Waals surface area (Å²) in [5, 5.41) is 2.53. The third-order valence-electron chi connectivity index (χ3n) is 7.15. The lowest BCUT2D eigenvalue weighted by molar-refractivity contribution is -0.120. The molecule has 0 aromatic heterocycles. The van der Waals surface area contributed by atoms with E-state index in [1.54, 1.807) is 0 Å². The highest BCUT2D eigenvalue weighted by atomic mass is 28.4. The molecule has 3 aromatic rings. The first kappa shape index (κ1) is 27.1. The topological polar surface area (TPSA) is 35.5 Å². The second kappa shape index (κ2) is 12.5. The van der Waals surface area contributed by atoms with Gasteiger partial charge in [0.1, 0.15) is 0 Å². The summed E-state index contributed by atoms with van der Waals surface area (Å²) in [5.41, 5.74) is 0.860. The van der Waals surface area contributed by atoms with Crippen LogP contribution in [0.25, 0.3) is 0 Å². The van der Waals surface area contributed by atoms with Gasteiger partial charge in [0.2, 0.25) is 5.78 Å². The zero-order chi connectivity index (χ0) is 26.1. The highest BCUT2D eigenvalue weighted by Crippen LogP contribution is 2.37. The number of benzene rings is 3. The summed E-state index contributed by atoms with van der Waals surface area (Å²) in [6, 6.07) is 31.1. The Kier molecular flexibility index (Phi) is 9.16. The first-order valence-electron chi connectivity index (χ1n) is 13.4. The van der Waals surface area contributed by atoms with E-state index in [2.05, 4.69) is 93.3 Å². The fraction of sp³-hybridized carbons (Fsp3) is 0.364. The lowest BCUT2D eigenvalue weighted by Crippen LogP contribution is -2.66. The average Bonchev–Trinajstić information content (AvgIpc) is 2.91. The molecule has 4 rings (SSSR count). The van der Waals surface area contributed by atoms with Crippen molar-refractivity contribution in [2.45, 2.75) is 70.1 Å². The zero-order valence-corrected chi connectivity index (χ0v) is 23.3. The van der Waals surface area contributed by atoms with Crippen molar-refractivity contribution < 1.29 is 14.0 Å². The molecule has 0 amide bonds. The molecular formula is C33H38O3Si. The van der Waals surface area contributed by atoms with Crippen molar-refractivity contribution >= 4 is 24.5 Å². The summed E-state index contributed by atoms with van der Waals surface area (Å²) in [6.07, 6.45) is 4.19. The number of carbonyl (C=O) groups is 1. The Morgan fingerprint density at radius 1 is 0.865 bits per heavy atom. The number of hydrogen-bond donors (Lipinski definition) is 0. The van der Waals surface area contributed by atoms with Gasteiger partial charge < -0.3 is 9.16 Å². The van der Waals surface area contributed by atoms with E-state index in [-0.39, 0.29) is 23.0 Å². The maximum absolute atomic E-state index is 12.5. The minimum absolute atomic E-state index is 0.0461. The number of rotatable bonds is 8. The molecule has 1 fully saturated rings. The van der Waals surface area contributed by atoms with Crippen LogP contribution < -0.4 is 10.4 Å². The van der Waals surface area contributed by atoms with Gasteiger partial charge >= 0.3 is 0 Å². The molecule has 0 spiro atoms. The molecule has 0 unspecified atom stereocenters. The van der Waals surface area contributed by atoms with Gasteiger partial charge in [-0.05, 0) is 59.1 Å². The summed E-state index contributed by atoms with van der Waals surface area (Å²) in [7, 11) is -2.55. The number of ether oxygens (including phenoxy) is 1. The van der Waals surface area contributed by atoms with Gasteiger partial charge in [-0.1, -0.05) is 106 Å². The highest BCUT2D eigenvalue weighted by molar-refractivity contribution is 6.99. The van der Waals surface area contributed by atoms with Gasteiger partial charge in [0.05, 0.1) is 12.2 Å². The minimum Gasteiger partial charge on any atom is -0.407 e. The van der Waals surface area contributed by atoms with Gasteiger partial charge in [-0.25, -0.2) is 0 Å². The third kappa shape index (κ3) is 6.87. The van der Waals surface area contributed by atoms with Crippen LogP contribution >= 0.6 is 0 Å². The maximum Gasteiger partial charge on any atom is 0.261 e. The first-order chi connectivity index (χ1) is 17.9. The van der Waals surface area contributed by atoms with Crippen molar-refractivity contribution in [3.8, 4) is 11.8 Å². The van der Waals surface area contributed by atoms with Crippen LogP contribution in [0.4, 0.5) is 0 Å². The molecule has 37 heavy (non-hydrogen) atoms. The van der Waals surface area contributed by atoms with Crippen LogP contribution in [0.3, 0.4) is 0 Å². The van der Waals surface area contributed by atoms with E-state index in [9.17, 15) is 4.79 Å². The van der Waals surface area contributed by atoms with E-state index in [0.717, 1.165) is 31.2 Å². The molecule has 0 radical (unpaired) electrons.